The van der Waals surface area contributed by atoms with E-state index in [9.17, 15) is 0 Å². The van der Waals surface area contributed by atoms with E-state index in [4.69, 9.17) is 12.6 Å². The van der Waals surface area contributed by atoms with Crippen molar-refractivity contribution in [2.45, 2.75) is 115 Å². The van der Waals surface area contributed by atoms with Crippen LogP contribution in [-0.4, -0.2) is 5.25 Å². The second-order valence-electron chi connectivity index (χ2n) is 8.83. The van der Waals surface area contributed by atoms with Gasteiger partial charge in [0.2, 0.25) is 0 Å². The van der Waals surface area contributed by atoms with Crippen LogP contribution in [0.5, 0.6) is 0 Å². The van der Waals surface area contributed by atoms with Crippen molar-refractivity contribution in [1.29, 1.82) is 0 Å². The average molecular weight is 339 g/mol. The summed E-state index contributed by atoms with van der Waals surface area (Å²) in [6.07, 6.45) is 22.1. The van der Waals surface area contributed by atoms with Crippen molar-refractivity contribution in [1.82, 2.24) is 0 Å². The molecule has 1 heteroatoms. The highest BCUT2D eigenvalue weighted by Crippen LogP contribution is 2.44. The van der Waals surface area contributed by atoms with Crippen molar-refractivity contribution in [3.8, 4) is 0 Å². The quantitative estimate of drug-likeness (QED) is 0.306. The predicted octanol–water partition coefficient (Wildman–Crippen LogP) is 7.67. The smallest absolute Gasteiger partial charge is 0.00486 e. The summed E-state index contributed by atoms with van der Waals surface area (Å²) in [5.74, 6) is 3.92. The minimum absolute atomic E-state index is 0.738. The minimum Gasteiger partial charge on any atom is -0.176 e. The fraction of sp³-hybridized carbons (Fsp3) is 1.00. The van der Waals surface area contributed by atoms with Crippen LogP contribution < -0.4 is 0 Å². The third-order valence-corrected chi connectivity index (χ3v) is 7.29. The first kappa shape index (κ1) is 19.7. The van der Waals surface area contributed by atoms with Crippen LogP contribution in [0.15, 0.2) is 0 Å². The van der Waals surface area contributed by atoms with E-state index >= 15 is 0 Å². The molecular weight excluding hydrogens is 296 g/mol. The first-order valence-corrected chi connectivity index (χ1v) is 11.4. The van der Waals surface area contributed by atoms with E-state index in [2.05, 4.69) is 13.8 Å². The van der Waals surface area contributed by atoms with Gasteiger partial charge in [0.05, 0.1) is 0 Å². The van der Waals surface area contributed by atoms with Crippen LogP contribution in [0.1, 0.15) is 110 Å². The molecule has 0 aliphatic heterocycles. The molecule has 23 heavy (non-hydrogen) atoms. The fourth-order valence-electron chi connectivity index (χ4n) is 4.84. The van der Waals surface area contributed by atoms with E-state index in [1.807, 2.05) is 0 Å². The molecule has 136 valence electrons. The highest BCUT2D eigenvalue weighted by molar-refractivity contribution is 7.81. The van der Waals surface area contributed by atoms with Crippen LogP contribution in [0, 0.1) is 23.7 Å². The zero-order valence-corrected chi connectivity index (χ0v) is 16.8. The lowest BCUT2D eigenvalue weighted by Gasteiger charge is -2.29. The van der Waals surface area contributed by atoms with E-state index in [-0.39, 0.29) is 0 Å². The Morgan fingerprint density at radius 2 is 1.57 bits per heavy atom. The molecule has 0 amide bonds. The van der Waals surface area contributed by atoms with Gasteiger partial charge in [-0.25, -0.2) is 0 Å². The summed E-state index contributed by atoms with van der Waals surface area (Å²) >= 11 is 4.70. The molecule has 2 saturated carbocycles. The van der Waals surface area contributed by atoms with Crippen LogP contribution in [0.25, 0.3) is 0 Å². The molecule has 4 atom stereocenters. The van der Waals surface area contributed by atoms with Crippen LogP contribution in [0.3, 0.4) is 0 Å². The Hall–Kier alpha value is 0.350. The maximum atomic E-state index is 4.70. The largest absolute Gasteiger partial charge is 0.176 e. The Labute approximate surface area is 152 Å². The Morgan fingerprint density at radius 1 is 0.913 bits per heavy atom. The van der Waals surface area contributed by atoms with E-state index < -0.39 is 0 Å². The molecule has 2 aliphatic rings. The maximum Gasteiger partial charge on any atom is 0.00486 e. The van der Waals surface area contributed by atoms with Crippen molar-refractivity contribution in [2.24, 2.45) is 23.7 Å². The normalized spacial score (nSPS) is 28.8. The van der Waals surface area contributed by atoms with Crippen molar-refractivity contribution in [3.63, 3.8) is 0 Å². The van der Waals surface area contributed by atoms with Gasteiger partial charge in [0.25, 0.3) is 0 Å². The monoisotopic (exact) mass is 338 g/mol. The molecule has 0 saturated heterocycles. The molecule has 0 nitrogen and oxygen atoms in total. The molecular formula is C22H42S. The molecule has 0 heterocycles. The minimum atomic E-state index is 0.738. The molecule has 4 unspecified atom stereocenters. The topological polar surface area (TPSA) is 0 Å². The standard InChI is InChI=1S/C22H42S/c1-3-4-5-11-14-20(16-21-17-22(21)23)18(2)15-19-12-9-7-6-8-10-13-19/h18-23H,3-17H2,1-2H3. The highest BCUT2D eigenvalue weighted by atomic mass is 32.1. The van der Waals surface area contributed by atoms with Crippen LogP contribution in [0.2, 0.25) is 0 Å². The lowest BCUT2D eigenvalue weighted by atomic mass is 9.77. The zero-order chi connectivity index (χ0) is 16.5. The Balaban J connectivity index is 1.77. The summed E-state index contributed by atoms with van der Waals surface area (Å²) in [5.41, 5.74) is 0. The molecule has 0 radical (unpaired) electrons. The van der Waals surface area contributed by atoms with Crippen molar-refractivity contribution < 1.29 is 0 Å². The number of rotatable bonds is 10. The van der Waals surface area contributed by atoms with E-state index in [1.54, 1.807) is 0 Å². The maximum absolute atomic E-state index is 4.70. The SMILES string of the molecule is CCCCCCC(CC1CC1S)C(C)CC1CCCCCCC1. The van der Waals surface area contributed by atoms with Gasteiger partial charge < -0.3 is 0 Å². The Morgan fingerprint density at radius 3 is 2.17 bits per heavy atom. The predicted molar refractivity (Wildman–Crippen MR) is 107 cm³/mol. The molecule has 0 aromatic rings. The third-order valence-electron chi connectivity index (χ3n) is 6.65. The van der Waals surface area contributed by atoms with Crippen molar-refractivity contribution in [3.05, 3.63) is 0 Å². The van der Waals surface area contributed by atoms with Gasteiger partial charge in [-0.1, -0.05) is 90.9 Å². The van der Waals surface area contributed by atoms with E-state index in [0.717, 1.165) is 28.9 Å². The first-order valence-electron chi connectivity index (χ1n) is 10.9. The molecule has 0 aromatic carbocycles. The van der Waals surface area contributed by atoms with Gasteiger partial charge in [-0.15, -0.1) is 0 Å². The Bertz CT molecular complexity index is 292. The number of hydrogen-bond acceptors (Lipinski definition) is 1. The van der Waals surface area contributed by atoms with Gasteiger partial charge in [-0.05, 0) is 42.9 Å². The number of unbranched alkanes of at least 4 members (excludes halogenated alkanes) is 3. The molecule has 2 aliphatic carbocycles. The Kier molecular flexibility index (Phi) is 9.46. The van der Waals surface area contributed by atoms with Gasteiger partial charge in [0, 0.05) is 5.25 Å². The van der Waals surface area contributed by atoms with Crippen LogP contribution in [-0.2, 0) is 0 Å². The molecule has 0 bridgehead atoms. The molecule has 0 spiro atoms. The van der Waals surface area contributed by atoms with E-state index in [0.29, 0.717) is 0 Å². The first-order chi connectivity index (χ1) is 11.2. The van der Waals surface area contributed by atoms with E-state index in [1.165, 1.54) is 96.3 Å². The zero-order valence-electron chi connectivity index (χ0n) is 15.9. The van der Waals surface area contributed by atoms with Crippen molar-refractivity contribution in [2.75, 3.05) is 0 Å². The average Bonchev–Trinajstić information content (AvgIpc) is 3.20. The summed E-state index contributed by atoms with van der Waals surface area (Å²) in [5, 5.41) is 0.738. The second kappa shape index (κ2) is 11.1. The van der Waals surface area contributed by atoms with Gasteiger partial charge >= 0.3 is 0 Å². The van der Waals surface area contributed by atoms with Gasteiger partial charge in [-0.3, -0.25) is 0 Å². The molecule has 2 fully saturated rings. The molecule has 0 aromatic heterocycles. The molecule has 0 N–H and O–H groups in total. The summed E-state index contributed by atoms with van der Waals surface area (Å²) in [7, 11) is 0. The summed E-state index contributed by atoms with van der Waals surface area (Å²) < 4.78 is 0. The second-order valence-corrected chi connectivity index (χ2v) is 9.50. The van der Waals surface area contributed by atoms with Crippen LogP contribution in [0.4, 0.5) is 0 Å². The number of hydrogen-bond donors (Lipinski definition) is 1. The van der Waals surface area contributed by atoms with Crippen molar-refractivity contribution >= 4 is 12.6 Å². The van der Waals surface area contributed by atoms with Gasteiger partial charge in [0.15, 0.2) is 0 Å². The third kappa shape index (κ3) is 7.84. The summed E-state index contributed by atoms with van der Waals surface area (Å²) in [6, 6.07) is 0. The lowest BCUT2D eigenvalue weighted by Crippen LogP contribution is -2.18. The summed E-state index contributed by atoms with van der Waals surface area (Å²) in [6.45, 7) is 4.91. The summed E-state index contributed by atoms with van der Waals surface area (Å²) in [4.78, 5) is 0. The molecule has 2 rings (SSSR count). The van der Waals surface area contributed by atoms with Gasteiger partial charge in [0.1, 0.15) is 0 Å². The van der Waals surface area contributed by atoms with Crippen LogP contribution >= 0.6 is 12.6 Å². The van der Waals surface area contributed by atoms with Gasteiger partial charge in [-0.2, -0.15) is 12.6 Å². The fourth-order valence-corrected chi connectivity index (χ4v) is 5.23. The lowest BCUT2D eigenvalue weighted by molar-refractivity contribution is 0.224. The number of thiol groups is 1. The highest BCUT2D eigenvalue weighted by Gasteiger charge is 2.36.